The lowest BCUT2D eigenvalue weighted by Gasteiger charge is -2.08. The van der Waals surface area contributed by atoms with Gasteiger partial charge in [-0.25, -0.2) is 5.43 Å². The highest BCUT2D eigenvalue weighted by atomic mass is 16.5. The van der Waals surface area contributed by atoms with Crippen LogP contribution in [-0.4, -0.2) is 25.3 Å². The molecule has 0 unspecified atom stereocenters. The maximum absolute atomic E-state index is 11.9. The molecule has 6 heteroatoms. The molecule has 154 valence electrons. The van der Waals surface area contributed by atoms with Crippen molar-refractivity contribution in [1.29, 1.82) is 0 Å². The molecular weight excluding hydrogens is 380 g/mol. The van der Waals surface area contributed by atoms with Gasteiger partial charge in [0.2, 0.25) is 0 Å². The fourth-order valence-electron chi connectivity index (χ4n) is 2.60. The number of para-hydroxylation sites is 1. The van der Waals surface area contributed by atoms with Gasteiger partial charge in [0.15, 0.2) is 6.61 Å². The molecule has 0 aromatic heterocycles. The number of amides is 1. The number of carbonyl (C=O) groups is 1. The Morgan fingerprint density at radius 1 is 0.867 bits per heavy atom. The van der Waals surface area contributed by atoms with Crippen LogP contribution in [0.25, 0.3) is 0 Å². The molecule has 1 amide bonds. The number of benzene rings is 3. The van der Waals surface area contributed by atoms with Crippen LogP contribution in [0.3, 0.4) is 0 Å². The fraction of sp³-hybridized carbons (Fsp3) is 0.167. The Morgan fingerprint density at radius 3 is 2.27 bits per heavy atom. The van der Waals surface area contributed by atoms with E-state index < -0.39 is 0 Å². The Labute approximate surface area is 176 Å². The molecule has 0 fully saturated rings. The van der Waals surface area contributed by atoms with Crippen LogP contribution in [-0.2, 0) is 11.4 Å². The second-order valence-electron chi connectivity index (χ2n) is 6.30. The number of nitrogens with zero attached hydrogens (tertiary/aromatic N) is 1. The second kappa shape index (κ2) is 11.3. The quantitative estimate of drug-likeness (QED) is 0.406. The molecule has 0 bridgehead atoms. The lowest BCUT2D eigenvalue weighted by Crippen LogP contribution is -2.24. The number of nitrogens with one attached hydrogen (secondary N) is 1. The molecule has 0 atom stereocenters. The minimum atomic E-state index is -0.357. The first-order valence-electron chi connectivity index (χ1n) is 9.68. The molecule has 0 aliphatic carbocycles. The van der Waals surface area contributed by atoms with Gasteiger partial charge >= 0.3 is 0 Å². The van der Waals surface area contributed by atoms with E-state index in [1.807, 2.05) is 61.5 Å². The van der Waals surface area contributed by atoms with Crippen LogP contribution in [0.2, 0.25) is 0 Å². The first-order valence-corrected chi connectivity index (χ1v) is 9.68. The van der Waals surface area contributed by atoms with Gasteiger partial charge in [-0.1, -0.05) is 42.5 Å². The second-order valence-corrected chi connectivity index (χ2v) is 6.30. The molecule has 0 radical (unpaired) electrons. The first kappa shape index (κ1) is 20.9. The van der Waals surface area contributed by atoms with E-state index in [2.05, 4.69) is 10.5 Å². The number of carbonyl (C=O) groups excluding carboxylic acids is 1. The van der Waals surface area contributed by atoms with Gasteiger partial charge in [-0.15, -0.1) is 0 Å². The lowest BCUT2D eigenvalue weighted by atomic mass is 10.2. The monoisotopic (exact) mass is 404 g/mol. The summed E-state index contributed by atoms with van der Waals surface area (Å²) in [5, 5.41) is 3.96. The number of hydrogen-bond acceptors (Lipinski definition) is 5. The Morgan fingerprint density at radius 2 is 1.53 bits per heavy atom. The number of hydrazone groups is 1. The van der Waals surface area contributed by atoms with Crippen molar-refractivity contribution in [2.45, 2.75) is 13.5 Å². The largest absolute Gasteiger partial charge is 0.493 e. The summed E-state index contributed by atoms with van der Waals surface area (Å²) in [5.41, 5.74) is 4.33. The molecule has 3 rings (SSSR count). The summed E-state index contributed by atoms with van der Waals surface area (Å²) < 4.78 is 16.7. The third kappa shape index (κ3) is 6.67. The molecule has 0 aliphatic rings. The maximum atomic E-state index is 11.9. The Bertz CT molecular complexity index is 956. The van der Waals surface area contributed by atoms with E-state index in [1.54, 1.807) is 30.5 Å². The van der Waals surface area contributed by atoms with Gasteiger partial charge < -0.3 is 14.2 Å². The average molecular weight is 404 g/mol. The van der Waals surface area contributed by atoms with Crippen LogP contribution < -0.4 is 19.6 Å². The fourth-order valence-corrected chi connectivity index (χ4v) is 2.60. The summed E-state index contributed by atoms with van der Waals surface area (Å²) in [6.07, 6.45) is 1.54. The van der Waals surface area contributed by atoms with Crippen molar-refractivity contribution < 1.29 is 19.0 Å². The summed E-state index contributed by atoms with van der Waals surface area (Å²) in [7, 11) is 0. The molecule has 0 spiro atoms. The zero-order valence-corrected chi connectivity index (χ0v) is 16.8. The summed E-state index contributed by atoms with van der Waals surface area (Å²) in [6.45, 7) is 2.82. The summed E-state index contributed by atoms with van der Waals surface area (Å²) in [5.74, 6) is 1.66. The van der Waals surface area contributed by atoms with Crippen LogP contribution in [0.15, 0.2) is 84.0 Å². The molecule has 0 saturated heterocycles. The van der Waals surface area contributed by atoms with Crippen LogP contribution in [0.1, 0.15) is 18.1 Å². The molecule has 0 saturated carbocycles. The van der Waals surface area contributed by atoms with Gasteiger partial charge in [0, 0.05) is 5.56 Å². The van der Waals surface area contributed by atoms with Gasteiger partial charge in [0.25, 0.3) is 5.91 Å². The normalized spacial score (nSPS) is 10.6. The molecule has 3 aromatic rings. The first-order chi connectivity index (χ1) is 14.7. The van der Waals surface area contributed by atoms with Crippen molar-refractivity contribution in [2.24, 2.45) is 5.10 Å². The molecule has 1 N–H and O–H groups in total. The number of ether oxygens (including phenoxy) is 3. The molecule has 6 nitrogen and oxygen atoms in total. The van der Waals surface area contributed by atoms with Crippen molar-refractivity contribution in [2.75, 3.05) is 13.2 Å². The smallest absolute Gasteiger partial charge is 0.277 e. The van der Waals surface area contributed by atoms with Crippen molar-refractivity contribution in [3.8, 4) is 17.2 Å². The van der Waals surface area contributed by atoms with Gasteiger partial charge in [0.05, 0.1) is 12.8 Å². The standard InChI is InChI=1S/C24H24N2O4/c1-2-28-23-11-7-6-10-20(23)16-25-26-24(27)18-30-22-14-12-21(13-15-22)29-17-19-8-4-3-5-9-19/h3-16H,2,17-18H2,1H3,(H,26,27)/b25-16-. The van der Waals surface area contributed by atoms with E-state index in [0.29, 0.717) is 24.7 Å². The van der Waals surface area contributed by atoms with Gasteiger partial charge in [-0.3, -0.25) is 4.79 Å². The minimum absolute atomic E-state index is 0.144. The predicted octanol–water partition coefficient (Wildman–Crippen LogP) is 4.19. The molecule has 0 heterocycles. The highest BCUT2D eigenvalue weighted by molar-refractivity contribution is 5.85. The zero-order valence-electron chi connectivity index (χ0n) is 16.8. The highest BCUT2D eigenvalue weighted by Crippen LogP contribution is 2.19. The van der Waals surface area contributed by atoms with E-state index in [9.17, 15) is 4.79 Å². The number of rotatable bonds is 10. The SMILES string of the molecule is CCOc1ccccc1/C=N\NC(=O)COc1ccc(OCc2ccccc2)cc1. The Kier molecular flexibility index (Phi) is 7.85. The molecular formula is C24H24N2O4. The van der Waals surface area contributed by atoms with Crippen molar-refractivity contribution in [3.63, 3.8) is 0 Å². The Balaban J connectivity index is 1.42. The van der Waals surface area contributed by atoms with E-state index in [0.717, 1.165) is 16.9 Å². The third-order valence-electron chi connectivity index (χ3n) is 4.05. The van der Waals surface area contributed by atoms with E-state index in [4.69, 9.17) is 14.2 Å². The van der Waals surface area contributed by atoms with Crippen LogP contribution >= 0.6 is 0 Å². The van der Waals surface area contributed by atoms with Gasteiger partial charge in [0.1, 0.15) is 23.9 Å². The summed E-state index contributed by atoms with van der Waals surface area (Å²) in [6, 6.07) is 24.5. The molecule has 30 heavy (non-hydrogen) atoms. The zero-order chi connectivity index (χ0) is 21.0. The van der Waals surface area contributed by atoms with Gasteiger partial charge in [-0.2, -0.15) is 5.10 Å². The summed E-state index contributed by atoms with van der Waals surface area (Å²) in [4.78, 5) is 11.9. The van der Waals surface area contributed by atoms with E-state index >= 15 is 0 Å². The average Bonchev–Trinajstić information content (AvgIpc) is 2.79. The number of hydrogen-bond donors (Lipinski definition) is 1. The Hall–Kier alpha value is -3.80. The van der Waals surface area contributed by atoms with E-state index in [-0.39, 0.29) is 12.5 Å². The third-order valence-corrected chi connectivity index (χ3v) is 4.05. The predicted molar refractivity (Wildman–Crippen MR) is 116 cm³/mol. The van der Waals surface area contributed by atoms with Crippen molar-refractivity contribution >= 4 is 12.1 Å². The molecule has 3 aromatic carbocycles. The lowest BCUT2D eigenvalue weighted by molar-refractivity contribution is -0.123. The van der Waals surface area contributed by atoms with Gasteiger partial charge in [-0.05, 0) is 48.9 Å². The molecule has 0 aliphatic heterocycles. The van der Waals surface area contributed by atoms with Crippen molar-refractivity contribution in [1.82, 2.24) is 5.43 Å². The van der Waals surface area contributed by atoms with Crippen LogP contribution in [0.4, 0.5) is 0 Å². The highest BCUT2D eigenvalue weighted by Gasteiger charge is 2.03. The van der Waals surface area contributed by atoms with Crippen molar-refractivity contribution in [3.05, 3.63) is 90.0 Å². The topological polar surface area (TPSA) is 69.2 Å². The summed E-state index contributed by atoms with van der Waals surface area (Å²) >= 11 is 0. The maximum Gasteiger partial charge on any atom is 0.277 e. The minimum Gasteiger partial charge on any atom is -0.493 e. The van der Waals surface area contributed by atoms with E-state index in [1.165, 1.54) is 0 Å². The van der Waals surface area contributed by atoms with Crippen LogP contribution in [0, 0.1) is 0 Å². The van der Waals surface area contributed by atoms with Crippen LogP contribution in [0.5, 0.6) is 17.2 Å².